The van der Waals surface area contributed by atoms with Crippen LogP contribution in [0.1, 0.15) is 98.8 Å². The summed E-state index contributed by atoms with van der Waals surface area (Å²) in [6.45, 7) is 26.9. The number of hydrogen-bond donors (Lipinski definition) is 0. The van der Waals surface area contributed by atoms with Gasteiger partial charge in [-0.3, -0.25) is 0 Å². The first kappa shape index (κ1) is 30.1. The summed E-state index contributed by atoms with van der Waals surface area (Å²) >= 11 is 0. The molecule has 4 saturated carbocycles. The van der Waals surface area contributed by atoms with E-state index in [1.807, 2.05) is 0 Å². The lowest BCUT2D eigenvalue weighted by Gasteiger charge is -2.63. The fourth-order valence-electron chi connectivity index (χ4n) is 10.2. The molecular weight excluding hydrogens is 485 g/mol. The van der Waals surface area contributed by atoms with Gasteiger partial charge in [0.2, 0.25) is 0 Å². The quantitative estimate of drug-likeness (QED) is 0.223. The van der Waals surface area contributed by atoms with Crippen LogP contribution >= 0.6 is 0 Å². The van der Waals surface area contributed by atoms with Crippen LogP contribution in [0.3, 0.4) is 0 Å². The third-order valence-electron chi connectivity index (χ3n) is 11.6. The molecule has 4 heteroatoms. The Kier molecular flexibility index (Phi) is 8.79. The van der Waals surface area contributed by atoms with Gasteiger partial charge < -0.3 is 8.85 Å². The summed E-state index contributed by atoms with van der Waals surface area (Å²) in [5.74, 6) is 5.10. The second-order valence-corrected chi connectivity index (χ2v) is 25.6. The smallest absolute Gasteiger partial charge is 0.184 e. The van der Waals surface area contributed by atoms with Gasteiger partial charge in [0.15, 0.2) is 16.6 Å². The van der Waals surface area contributed by atoms with E-state index in [0.717, 1.165) is 29.6 Å². The second kappa shape index (κ2) is 10.8. The van der Waals surface area contributed by atoms with Gasteiger partial charge in [-0.05, 0) is 164 Å². The molecule has 4 aliphatic rings. The third kappa shape index (κ3) is 6.38. The van der Waals surface area contributed by atoms with Crippen molar-refractivity contribution in [2.45, 2.75) is 150 Å². The van der Waals surface area contributed by atoms with E-state index in [4.69, 9.17) is 8.85 Å². The molecule has 0 bridgehead atoms. The lowest BCUT2D eigenvalue weighted by Crippen LogP contribution is -2.60. The Bertz CT molecular complexity index is 821. The highest BCUT2D eigenvalue weighted by Gasteiger charge is 2.63. The maximum Gasteiger partial charge on any atom is 0.184 e. The highest BCUT2D eigenvalue weighted by molar-refractivity contribution is 6.70. The molecule has 0 unspecified atom stereocenters. The second-order valence-electron chi connectivity index (χ2n) is 16.7. The van der Waals surface area contributed by atoms with Gasteiger partial charge in [-0.15, -0.1) is 0 Å². The molecule has 0 radical (unpaired) electrons. The Morgan fingerprint density at radius 2 is 1.43 bits per heavy atom. The van der Waals surface area contributed by atoms with Crippen LogP contribution in [0.15, 0.2) is 11.6 Å². The molecule has 214 valence electrons. The summed E-state index contributed by atoms with van der Waals surface area (Å²) in [5, 5.41) is 0. The first-order chi connectivity index (χ1) is 17.0. The Labute approximate surface area is 233 Å². The van der Waals surface area contributed by atoms with Crippen LogP contribution in [0.4, 0.5) is 0 Å². The molecule has 0 aromatic rings. The zero-order chi connectivity index (χ0) is 27.4. The average molecular weight is 547 g/mol. The predicted octanol–water partition coefficient (Wildman–Crippen LogP) is 10.1. The predicted molar refractivity (Wildman–Crippen MR) is 165 cm³/mol. The van der Waals surface area contributed by atoms with E-state index in [1.54, 1.807) is 0 Å². The van der Waals surface area contributed by atoms with Crippen LogP contribution in [0.2, 0.25) is 39.3 Å². The van der Waals surface area contributed by atoms with Gasteiger partial charge >= 0.3 is 0 Å². The normalized spacial score (nSPS) is 42.9. The first-order valence-electron chi connectivity index (χ1n) is 16.0. The number of allylic oxidation sites excluding steroid dienone is 2. The lowest BCUT2D eigenvalue weighted by atomic mass is 9.43. The molecule has 0 saturated heterocycles. The molecule has 0 aliphatic heterocycles. The molecule has 10 atom stereocenters. The Morgan fingerprint density at radius 1 is 0.811 bits per heavy atom. The molecule has 4 aliphatic carbocycles. The number of fused-ring (bicyclic) bond motifs is 5. The molecule has 0 spiro atoms. The van der Waals surface area contributed by atoms with E-state index in [2.05, 4.69) is 80.0 Å². The van der Waals surface area contributed by atoms with Crippen LogP contribution < -0.4 is 0 Å². The molecule has 0 aromatic carbocycles. The van der Waals surface area contributed by atoms with Crippen LogP contribution in [-0.4, -0.2) is 28.8 Å². The average Bonchev–Trinajstić information content (AvgIpc) is 3.10. The minimum Gasteiger partial charge on any atom is -0.415 e. The van der Waals surface area contributed by atoms with Crippen molar-refractivity contribution in [2.75, 3.05) is 0 Å². The van der Waals surface area contributed by atoms with E-state index in [-0.39, 0.29) is 0 Å². The van der Waals surface area contributed by atoms with E-state index >= 15 is 0 Å². The maximum atomic E-state index is 7.16. The monoisotopic (exact) mass is 546 g/mol. The minimum atomic E-state index is -1.62. The van der Waals surface area contributed by atoms with E-state index in [0.29, 0.717) is 29.0 Å². The van der Waals surface area contributed by atoms with Gasteiger partial charge in [0.05, 0.1) is 0 Å². The number of rotatable bonds is 8. The van der Waals surface area contributed by atoms with Crippen LogP contribution in [-0.2, 0) is 8.85 Å². The first-order valence-corrected chi connectivity index (χ1v) is 22.8. The topological polar surface area (TPSA) is 18.5 Å². The fourth-order valence-corrected chi connectivity index (χ4v) is 12.6. The van der Waals surface area contributed by atoms with Crippen LogP contribution in [0.5, 0.6) is 0 Å². The summed E-state index contributed by atoms with van der Waals surface area (Å²) in [7, 11) is -3.15. The molecule has 0 aromatic heterocycles. The van der Waals surface area contributed by atoms with E-state index < -0.39 is 16.6 Å². The Morgan fingerprint density at radius 3 is 2.05 bits per heavy atom. The molecule has 0 heterocycles. The third-order valence-corrected chi connectivity index (χ3v) is 13.6. The van der Waals surface area contributed by atoms with Gasteiger partial charge in [0.1, 0.15) is 0 Å². The zero-order valence-corrected chi connectivity index (χ0v) is 28.6. The summed E-state index contributed by atoms with van der Waals surface area (Å²) in [4.78, 5) is 0. The summed E-state index contributed by atoms with van der Waals surface area (Å²) in [5.41, 5.74) is 2.45. The summed E-state index contributed by atoms with van der Waals surface area (Å²) in [6.07, 6.45) is 17.0. The molecule has 0 amide bonds. The fraction of sp³-hybridized carbons (Fsp3) is 0.939. The van der Waals surface area contributed by atoms with Crippen molar-refractivity contribution < 1.29 is 8.85 Å². The van der Waals surface area contributed by atoms with Crippen molar-refractivity contribution in [3.8, 4) is 0 Å². The van der Waals surface area contributed by atoms with Crippen molar-refractivity contribution in [3.63, 3.8) is 0 Å². The molecule has 4 rings (SSSR count). The van der Waals surface area contributed by atoms with Crippen molar-refractivity contribution in [3.05, 3.63) is 11.6 Å². The molecule has 0 N–H and O–H groups in total. The van der Waals surface area contributed by atoms with Gasteiger partial charge in [-0.25, -0.2) is 0 Å². The van der Waals surface area contributed by atoms with Gasteiger partial charge in [-0.1, -0.05) is 32.4 Å². The molecule has 4 fully saturated rings. The summed E-state index contributed by atoms with van der Waals surface area (Å²) in [6, 6.07) is 0. The van der Waals surface area contributed by atoms with Crippen molar-refractivity contribution in [2.24, 2.45) is 46.3 Å². The van der Waals surface area contributed by atoms with E-state index in [1.165, 1.54) is 69.8 Å². The van der Waals surface area contributed by atoms with E-state index in [9.17, 15) is 0 Å². The van der Waals surface area contributed by atoms with Gasteiger partial charge in [0.25, 0.3) is 0 Å². The minimum absolute atomic E-state index is 0.432. The van der Waals surface area contributed by atoms with Crippen molar-refractivity contribution in [1.29, 1.82) is 0 Å². The highest BCUT2D eigenvalue weighted by atomic mass is 28.4. The summed E-state index contributed by atoms with van der Waals surface area (Å²) < 4.78 is 13.9. The van der Waals surface area contributed by atoms with Crippen LogP contribution in [0, 0.1) is 46.3 Å². The molecule has 37 heavy (non-hydrogen) atoms. The largest absolute Gasteiger partial charge is 0.415 e. The standard InChI is InChI=1S/C33H62O2Si2/c1-23(2)13-12-14-24(3)27-15-16-28-26-22-31(35-37(9,10)11)30-21-25(34-36(6,7)8)17-19-33(30,5)29(26)18-20-32(27,28)4/h13,24-31H,12,14-22H2,1-11H3/t24-,25-,26+,27-,28+,29+,30+,31+,32-,33-/m1/s1. The SMILES string of the molecule is CC(C)=CCC[C@@H](C)[C@H]1CC[C@H]2[C@@H]3C[C@H](O[Si](C)(C)C)[C@@H]4C[C@H](O[Si](C)(C)C)CC[C@]4(C)[C@H]3CC[C@]12C. The van der Waals surface area contributed by atoms with Crippen molar-refractivity contribution >= 4 is 16.6 Å². The number of hydrogen-bond acceptors (Lipinski definition) is 2. The molecule has 2 nitrogen and oxygen atoms in total. The van der Waals surface area contributed by atoms with Crippen LogP contribution in [0.25, 0.3) is 0 Å². The molecular formula is C33H62O2Si2. The lowest BCUT2D eigenvalue weighted by molar-refractivity contribution is -0.166. The highest BCUT2D eigenvalue weighted by Crippen LogP contribution is 2.69. The Balaban J connectivity index is 1.57. The van der Waals surface area contributed by atoms with Gasteiger partial charge in [0, 0.05) is 12.2 Å². The zero-order valence-electron chi connectivity index (χ0n) is 26.6. The van der Waals surface area contributed by atoms with Gasteiger partial charge in [-0.2, -0.15) is 0 Å². The Hall–Kier alpha value is 0.0938. The van der Waals surface area contributed by atoms with Crippen molar-refractivity contribution in [1.82, 2.24) is 0 Å². The maximum absolute atomic E-state index is 7.16.